The highest BCUT2D eigenvalue weighted by Gasteiger charge is 2.32. The number of nitrogens with one attached hydrogen (secondary N) is 1. The zero-order valence-electron chi connectivity index (χ0n) is 17.3. The molecule has 0 spiro atoms. The molecule has 0 radical (unpaired) electrons. The highest BCUT2D eigenvalue weighted by atomic mass is 16.5. The van der Waals surface area contributed by atoms with Crippen LogP contribution in [0.4, 0.5) is 0 Å². The Hall–Kier alpha value is -1.59. The number of ether oxygens (including phenoxy) is 1. The molecule has 2 aliphatic heterocycles. The smallest absolute Gasteiger partial charge is 0.193 e. The first-order valence-electron chi connectivity index (χ1n) is 10.6. The second-order valence-electron chi connectivity index (χ2n) is 7.79. The molecule has 150 valence electrons. The third-order valence-electron chi connectivity index (χ3n) is 6.56. The van der Waals surface area contributed by atoms with E-state index in [2.05, 4.69) is 64.3 Å². The number of rotatable bonds is 6. The van der Waals surface area contributed by atoms with Gasteiger partial charge >= 0.3 is 0 Å². The van der Waals surface area contributed by atoms with Crippen molar-refractivity contribution in [2.45, 2.75) is 44.6 Å². The van der Waals surface area contributed by atoms with Crippen LogP contribution in [-0.2, 0) is 10.2 Å². The average Bonchev–Trinajstić information content (AvgIpc) is 3.23. The summed E-state index contributed by atoms with van der Waals surface area (Å²) >= 11 is 0. The second-order valence-corrected chi connectivity index (χ2v) is 7.79. The molecule has 3 rings (SSSR count). The van der Waals surface area contributed by atoms with E-state index < -0.39 is 0 Å². The molecular weight excluding hydrogens is 336 g/mol. The van der Waals surface area contributed by atoms with E-state index in [0.717, 1.165) is 64.7 Å². The third kappa shape index (κ3) is 4.64. The number of hydrogen-bond donors (Lipinski definition) is 1. The van der Waals surface area contributed by atoms with Gasteiger partial charge in [-0.05, 0) is 24.8 Å². The quantitative estimate of drug-likeness (QED) is 0.616. The second kappa shape index (κ2) is 9.56. The summed E-state index contributed by atoms with van der Waals surface area (Å²) in [6, 6.07) is 11.6. The Morgan fingerprint density at radius 3 is 2.48 bits per heavy atom. The molecule has 2 saturated heterocycles. The van der Waals surface area contributed by atoms with E-state index in [-0.39, 0.29) is 5.41 Å². The average molecular weight is 373 g/mol. The molecule has 1 aromatic rings. The Balaban J connectivity index is 1.61. The largest absolute Gasteiger partial charge is 0.379 e. The van der Waals surface area contributed by atoms with Gasteiger partial charge in [0.2, 0.25) is 0 Å². The zero-order valence-corrected chi connectivity index (χ0v) is 17.3. The Bertz CT molecular complexity index is 594. The molecule has 5 heteroatoms. The van der Waals surface area contributed by atoms with Gasteiger partial charge in [0.25, 0.3) is 0 Å². The molecule has 0 aliphatic carbocycles. The number of morpholine rings is 1. The Labute approximate surface area is 164 Å². The minimum atomic E-state index is 0.153. The van der Waals surface area contributed by atoms with Crippen LogP contribution in [0.15, 0.2) is 35.3 Å². The fraction of sp³-hybridized carbons (Fsp3) is 0.682. The van der Waals surface area contributed by atoms with E-state index in [9.17, 15) is 0 Å². The van der Waals surface area contributed by atoms with Gasteiger partial charge in [0.15, 0.2) is 5.96 Å². The summed E-state index contributed by atoms with van der Waals surface area (Å²) < 4.78 is 5.51. The van der Waals surface area contributed by atoms with E-state index in [1.54, 1.807) is 0 Å². The Morgan fingerprint density at radius 1 is 1.15 bits per heavy atom. The summed E-state index contributed by atoms with van der Waals surface area (Å²) in [6.45, 7) is 11.5. The first-order valence-corrected chi connectivity index (χ1v) is 10.6. The predicted molar refractivity (Wildman–Crippen MR) is 112 cm³/mol. The zero-order chi connectivity index (χ0) is 19.1. The van der Waals surface area contributed by atoms with E-state index in [1.165, 1.54) is 12.0 Å². The highest BCUT2D eigenvalue weighted by molar-refractivity contribution is 5.80. The SMILES string of the molecule is CCC(CC)(CNC(=NC)N1CCC(N2CCOCC2)C1)c1ccccc1. The van der Waals surface area contributed by atoms with Crippen LogP contribution in [0.5, 0.6) is 0 Å². The summed E-state index contributed by atoms with van der Waals surface area (Å²) in [7, 11) is 1.91. The molecule has 1 N–H and O–H groups in total. The van der Waals surface area contributed by atoms with E-state index >= 15 is 0 Å². The molecule has 0 saturated carbocycles. The van der Waals surface area contributed by atoms with Crippen LogP contribution in [-0.4, -0.2) is 74.8 Å². The lowest BCUT2D eigenvalue weighted by Gasteiger charge is -2.35. The number of nitrogens with zero attached hydrogens (tertiary/aromatic N) is 3. The molecular formula is C22H36N4O. The number of likely N-dealkylation sites (tertiary alicyclic amines) is 1. The Morgan fingerprint density at radius 2 is 1.85 bits per heavy atom. The van der Waals surface area contributed by atoms with Crippen molar-refractivity contribution in [3.63, 3.8) is 0 Å². The predicted octanol–water partition coefficient (Wildman–Crippen LogP) is 2.73. The summed E-state index contributed by atoms with van der Waals surface area (Å²) in [6.07, 6.45) is 3.45. The topological polar surface area (TPSA) is 40.1 Å². The lowest BCUT2D eigenvalue weighted by atomic mass is 9.76. The van der Waals surface area contributed by atoms with E-state index in [1.807, 2.05) is 7.05 Å². The van der Waals surface area contributed by atoms with Crippen molar-refractivity contribution in [1.29, 1.82) is 0 Å². The molecule has 0 bridgehead atoms. The van der Waals surface area contributed by atoms with E-state index in [4.69, 9.17) is 4.74 Å². The number of guanidine groups is 1. The van der Waals surface area contributed by atoms with Gasteiger partial charge in [-0.25, -0.2) is 0 Å². The maximum atomic E-state index is 5.51. The fourth-order valence-electron chi connectivity index (χ4n) is 4.56. The van der Waals surface area contributed by atoms with Crippen LogP contribution >= 0.6 is 0 Å². The van der Waals surface area contributed by atoms with Crippen molar-refractivity contribution in [2.75, 3.05) is 53.0 Å². The van der Waals surface area contributed by atoms with Crippen molar-refractivity contribution in [1.82, 2.24) is 15.1 Å². The van der Waals surface area contributed by atoms with Gasteiger partial charge in [-0.3, -0.25) is 9.89 Å². The first kappa shape index (κ1) is 20.2. The minimum absolute atomic E-state index is 0.153. The summed E-state index contributed by atoms with van der Waals surface area (Å²) in [5.74, 6) is 1.05. The molecule has 5 nitrogen and oxygen atoms in total. The molecule has 2 aliphatic rings. The van der Waals surface area contributed by atoms with Crippen LogP contribution in [0.2, 0.25) is 0 Å². The summed E-state index contributed by atoms with van der Waals surface area (Å²) in [4.78, 5) is 9.62. The van der Waals surface area contributed by atoms with Gasteiger partial charge in [0, 0.05) is 51.2 Å². The summed E-state index contributed by atoms with van der Waals surface area (Å²) in [5, 5.41) is 3.71. The van der Waals surface area contributed by atoms with Crippen molar-refractivity contribution in [3.05, 3.63) is 35.9 Å². The number of aliphatic imine (C=N–C) groups is 1. The van der Waals surface area contributed by atoms with Gasteiger partial charge in [0.05, 0.1) is 13.2 Å². The lowest BCUT2D eigenvalue weighted by Crippen LogP contribution is -2.49. The number of benzene rings is 1. The van der Waals surface area contributed by atoms with Crippen LogP contribution in [0, 0.1) is 0 Å². The molecule has 1 atom stereocenters. The van der Waals surface area contributed by atoms with Crippen molar-refractivity contribution >= 4 is 5.96 Å². The molecule has 0 amide bonds. The Kier molecular flexibility index (Phi) is 7.13. The first-order chi connectivity index (χ1) is 13.2. The molecule has 1 aromatic carbocycles. The van der Waals surface area contributed by atoms with Crippen molar-refractivity contribution in [2.24, 2.45) is 4.99 Å². The van der Waals surface area contributed by atoms with Crippen molar-refractivity contribution < 1.29 is 4.74 Å². The third-order valence-corrected chi connectivity index (χ3v) is 6.56. The van der Waals surface area contributed by atoms with Crippen LogP contribution in [0.3, 0.4) is 0 Å². The monoisotopic (exact) mass is 372 g/mol. The molecule has 27 heavy (non-hydrogen) atoms. The lowest BCUT2D eigenvalue weighted by molar-refractivity contribution is 0.0194. The van der Waals surface area contributed by atoms with Crippen LogP contribution in [0.1, 0.15) is 38.7 Å². The summed E-state index contributed by atoms with van der Waals surface area (Å²) in [5.41, 5.74) is 1.58. The fourth-order valence-corrected chi connectivity index (χ4v) is 4.56. The van der Waals surface area contributed by atoms with Crippen LogP contribution in [0.25, 0.3) is 0 Å². The molecule has 2 fully saturated rings. The van der Waals surface area contributed by atoms with Crippen molar-refractivity contribution in [3.8, 4) is 0 Å². The van der Waals surface area contributed by atoms with E-state index in [0.29, 0.717) is 6.04 Å². The van der Waals surface area contributed by atoms with Gasteiger partial charge in [-0.15, -0.1) is 0 Å². The maximum absolute atomic E-state index is 5.51. The normalized spacial score (nSPS) is 22.3. The maximum Gasteiger partial charge on any atom is 0.193 e. The van der Waals surface area contributed by atoms with Crippen LogP contribution < -0.4 is 5.32 Å². The number of hydrogen-bond acceptors (Lipinski definition) is 3. The molecule has 2 heterocycles. The molecule has 0 aromatic heterocycles. The molecule has 1 unspecified atom stereocenters. The van der Waals surface area contributed by atoms with Gasteiger partial charge < -0.3 is 15.0 Å². The van der Waals surface area contributed by atoms with Gasteiger partial charge in [0.1, 0.15) is 0 Å². The standard InChI is InChI=1S/C22H36N4O/c1-4-22(5-2,19-9-7-6-8-10-19)18-24-21(23-3)26-12-11-20(17-26)25-13-15-27-16-14-25/h6-10,20H,4-5,11-18H2,1-3H3,(H,23,24). The van der Waals surface area contributed by atoms with Gasteiger partial charge in [-0.2, -0.15) is 0 Å². The minimum Gasteiger partial charge on any atom is -0.379 e. The highest BCUT2D eigenvalue weighted by Crippen LogP contribution is 2.31. The van der Waals surface area contributed by atoms with Gasteiger partial charge in [-0.1, -0.05) is 44.2 Å².